The molecule has 0 amide bonds. The highest BCUT2D eigenvalue weighted by molar-refractivity contribution is 5.06. The first-order chi connectivity index (χ1) is 7.22. The van der Waals surface area contributed by atoms with Crippen molar-refractivity contribution >= 4 is 0 Å². The van der Waals surface area contributed by atoms with E-state index in [1.807, 2.05) is 25.0 Å². The van der Waals surface area contributed by atoms with Crippen LogP contribution in [0.1, 0.15) is 44.8 Å². The van der Waals surface area contributed by atoms with Gasteiger partial charge >= 0.3 is 0 Å². The molecule has 15 heavy (non-hydrogen) atoms. The van der Waals surface area contributed by atoms with E-state index in [9.17, 15) is 0 Å². The number of hydrogen-bond acceptors (Lipinski definition) is 2. The molecule has 0 spiro atoms. The van der Waals surface area contributed by atoms with Crippen LogP contribution in [0.25, 0.3) is 0 Å². The average Bonchev–Trinajstić information content (AvgIpc) is 2.67. The van der Waals surface area contributed by atoms with Gasteiger partial charge in [-0.25, -0.2) is 0 Å². The van der Waals surface area contributed by atoms with E-state index in [-0.39, 0.29) is 0 Å². The number of aromatic nitrogens is 2. The minimum absolute atomic E-state index is 0.433. The standard InChI is InChI=1S/C12H23N3/c1-5-10(6-2)9-11(13-3)12-7-8-14-15(12)4/h7-8,10-11,13H,5-6,9H2,1-4H3. The lowest BCUT2D eigenvalue weighted by Gasteiger charge is -2.21. The molecule has 0 radical (unpaired) electrons. The van der Waals surface area contributed by atoms with Crippen molar-refractivity contribution in [3.8, 4) is 0 Å². The van der Waals surface area contributed by atoms with Gasteiger partial charge in [0.05, 0.1) is 5.69 Å². The molecule has 0 aliphatic rings. The molecule has 1 heterocycles. The van der Waals surface area contributed by atoms with Gasteiger partial charge in [-0.2, -0.15) is 5.10 Å². The topological polar surface area (TPSA) is 29.9 Å². The average molecular weight is 209 g/mol. The summed E-state index contributed by atoms with van der Waals surface area (Å²) in [4.78, 5) is 0. The second kappa shape index (κ2) is 5.91. The second-order valence-electron chi connectivity index (χ2n) is 4.14. The first-order valence-electron chi connectivity index (χ1n) is 5.88. The fourth-order valence-corrected chi connectivity index (χ4v) is 2.07. The Hall–Kier alpha value is -0.830. The normalized spacial score (nSPS) is 13.4. The van der Waals surface area contributed by atoms with Crippen molar-refractivity contribution in [1.82, 2.24) is 15.1 Å². The van der Waals surface area contributed by atoms with E-state index in [1.54, 1.807) is 0 Å². The maximum atomic E-state index is 4.22. The Morgan fingerprint density at radius 3 is 2.47 bits per heavy atom. The summed E-state index contributed by atoms with van der Waals surface area (Å²) < 4.78 is 1.96. The molecule has 0 saturated carbocycles. The minimum atomic E-state index is 0.433. The van der Waals surface area contributed by atoms with E-state index >= 15 is 0 Å². The van der Waals surface area contributed by atoms with Crippen molar-refractivity contribution in [1.29, 1.82) is 0 Å². The summed E-state index contributed by atoms with van der Waals surface area (Å²) in [6.07, 6.45) is 5.58. The van der Waals surface area contributed by atoms with Crippen LogP contribution in [-0.2, 0) is 7.05 Å². The molecule has 0 fully saturated rings. The van der Waals surface area contributed by atoms with Gasteiger partial charge in [0.25, 0.3) is 0 Å². The zero-order valence-electron chi connectivity index (χ0n) is 10.3. The molecule has 1 unspecified atom stereocenters. The molecule has 1 N–H and O–H groups in total. The van der Waals surface area contributed by atoms with Crippen LogP contribution in [0.15, 0.2) is 12.3 Å². The second-order valence-corrected chi connectivity index (χ2v) is 4.14. The Morgan fingerprint density at radius 2 is 2.07 bits per heavy atom. The summed E-state index contributed by atoms with van der Waals surface area (Å²) in [5.41, 5.74) is 1.28. The molecule has 0 aromatic carbocycles. The number of nitrogens with zero attached hydrogens (tertiary/aromatic N) is 2. The molecule has 1 aromatic heterocycles. The Balaban J connectivity index is 2.68. The largest absolute Gasteiger partial charge is 0.312 e. The van der Waals surface area contributed by atoms with Crippen molar-refractivity contribution in [2.45, 2.75) is 39.2 Å². The molecule has 86 valence electrons. The summed E-state index contributed by atoms with van der Waals surface area (Å²) in [6, 6.07) is 2.53. The molecule has 1 aromatic rings. The molecule has 3 nitrogen and oxygen atoms in total. The lowest BCUT2D eigenvalue weighted by atomic mass is 9.93. The Morgan fingerprint density at radius 1 is 1.40 bits per heavy atom. The first kappa shape index (κ1) is 12.2. The van der Waals surface area contributed by atoms with Crippen LogP contribution < -0.4 is 5.32 Å². The molecule has 1 rings (SSSR count). The van der Waals surface area contributed by atoms with Gasteiger partial charge < -0.3 is 5.32 Å². The molecule has 0 aliphatic carbocycles. The molecule has 0 saturated heterocycles. The van der Waals surface area contributed by atoms with Crippen molar-refractivity contribution in [2.24, 2.45) is 13.0 Å². The molecule has 1 atom stereocenters. The SMILES string of the molecule is CCC(CC)CC(NC)c1ccnn1C. The van der Waals surface area contributed by atoms with Crippen LogP contribution in [0.5, 0.6) is 0 Å². The predicted molar refractivity (Wildman–Crippen MR) is 63.7 cm³/mol. The summed E-state index contributed by atoms with van der Waals surface area (Å²) in [6.45, 7) is 4.54. The summed E-state index contributed by atoms with van der Waals surface area (Å²) in [5.74, 6) is 0.803. The van der Waals surface area contributed by atoms with E-state index < -0.39 is 0 Å². The highest BCUT2D eigenvalue weighted by Crippen LogP contribution is 2.24. The maximum absolute atomic E-state index is 4.22. The van der Waals surface area contributed by atoms with Gasteiger partial charge in [0, 0.05) is 19.3 Å². The summed E-state index contributed by atoms with van der Waals surface area (Å²) >= 11 is 0. The predicted octanol–water partition coefficient (Wildman–Crippen LogP) is 2.51. The Bertz CT molecular complexity index is 276. The quantitative estimate of drug-likeness (QED) is 0.780. The van der Waals surface area contributed by atoms with Crippen LogP contribution in [0.2, 0.25) is 0 Å². The summed E-state index contributed by atoms with van der Waals surface area (Å²) in [7, 11) is 4.03. The Labute approximate surface area is 92.9 Å². The lowest BCUT2D eigenvalue weighted by Crippen LogP contribution is -2.22. The van der Waals surface area contributed by atoms with E-state index in [2.05, 4.69) is 30.3 Å². The highest BCUT2D eigenvalue weighted by atomic mass is 15.3. The smallest absolute Gasteiger partial charge is 0.0550 e. The Kier molecular flexibility index (Phi) is 4.82. The van der Waals surface area contributed by atoms with Crippen LogP contribution >= 0.6 is 0 Å². The van der Waals surface area contributed by atoms with Gasteiger partial charge in [-0.3, -0.25) is 4.68 Å². The van der Waals surface area contributed by atoms with Gasteiger partial charge in [-0.1, -0.05) is 26.7 Å². The lowest BCUT2D eigenvalue weighted by molar-refractivity contribution is 0.373. The molecular weight excluding hydrogens is 186 g/mol. The highest BCUT2D eigenvalue weighted by Gasteiger charge is 2.16. The van der Waals surface area contributed by atoms with E-state index in [0.29, 0.717) is 6.04 Å². The first-order valence-corrected chi connectivity index (χ1v) is 5.88. The van der Waals surface area contributed by atoms with Crippen LogP contribution in [0.3, 0.4) is 0 Å². The van der Waals surface area contributed by atoms with Crippen molar-refractivity contribution in [3.63, 3.8) is 0 Å². The van der Waals surface area contributed by atoms with Gasteiger partial charge in [0.1, 0.15) is 0 Å². The van der Waals surface area contributed by atoms with Crippen LogP contribution in [-0.4, -0.2) is 16.8 Å². The molecule has 0 aliphatic heterocycles. The molecular formula is C12H23N3. The number of aryl methyl sites for hydroxylation is 1. The third-order valence-electron chi connectivity index (χ3n) is 3.29. The molecule has 0 bridgehead atoms. The van der Waals surface area contributed by atoms with Gasteiger partial charge in [0.2, 0.25) is 0 Å². The fourth-order valence-electron chi connectivity index (χ4n) is 2.07. The minimum Gasteiger partial charge on any atom is -0.312 e. The van der Waals surface area contributed by atoms with Crippen LogP contribution in [0, 0.1) is 5.92 Å². The zero-order valence-corrected chi connectivity index (χ0v) is 10.3. The zero-order chi connectivity index (χ0) is 11.3. The monoisotopic (exact) mass is 209 g/mol. The number of rotatable bonds is 6. The van der Waals surface area contributed by atoms with Crippen LogP contribution in [0.4, 0.5) is 0 Å². The van der Waals surface area contributed by atoms with E-state index in [4.69, 9.17) is 0 Å². The van der Waals surface area contributed by atoms with E-state index in [0.717, 1.165) is 5.92 Å². The van der Waals surface area contributed by atoms with Crippen molar-refractivity contribution in [3.05, 3.63) is 18.0 Å². The van der Waals surface area contributed by atoms with Gasteiger partial charge in [0.15, 0.2) is 0 Å². The molecule has 3 heteroatoms. The maximum Gasteiger partial charge on any atom is 0.0550 e. The van der Waals surface area contributed by atoms with Gasteiger partial charge in [-0.05, 0) is 25.5 Å². The third-order valence-corrected chi connectivity index (χ3v) is 3.29. The van der Waals surface area contributed by atoms with E-state index in [1.165, 1.54) is 25.0 Å². The third kappa shape index (κ3) is 3.06. The van der Waals surface area contributed by atoms with Crippen molar-refractivity contribution < 1.29 is 0 Å². The number of nitrogens with one attached hydrogen (secondary N) is 1. The van der Waals surface area contributed by atoms with Gasteiger partial charge in [-0.15, -0.1) is 0 Å². The number of hydrogen-bond donors (Lipinski definition) is 1. The summed E-state index contributed by atoms with van der Waals surface area (Å²) in [5, 5.41) is 7.60. The van der Waals surface area contributed by atoms with Crippen molar-refractivity contribution in [2.75, 3.05) is 7.05 Å². The fraction of sp³-hybridized carbons (Fsp3) is 0.750.